The molecule has 1 aromatic carbocycles. The van der Waals surface area contributed by atoms with Crippen LogP contribution >= 0.6 is 0 Å². The Kier molecular flexibility index (Phi) is 6.72. The van der Waals surface area contributed by atoms with E-state index < -0.39 is 0 Å². The Hall–Kier alpha value is -0.860. The second-order valence-corrected chi connectivity index (χ2v) is 6.53. The lowest BCUT2D eigenvalue weighted by molar-refractivity contribution is 0.107. The zero-order valence-electron chi connectivity index (χ0n) is 14.0. The molecule has 2 rings (SSSR count). The molecule has 1 saturated heterocycles. The molecule has 1 aliphatic rings. The molecule has 2 heteroatoms. The zero-order chi connectivity index (χ0) is 15.1. The molecule has 0 saturated carbocycles. The molecule has 0 aliphatic carbocycles. The Balaban J connectivity index is 2.04. The maximum atomic E-state index is 3.80. The fourth-order valence-corrected chi connectivity index (χ4v) is 3.32. The Morgan fingerprint density at radius 1 is 1.19 bits per heavy atom. The van der Waals surface area contributed by atoms with E-state index in [-0.39, 0.29) is 0 Å². The van der Waals surface area contributed by atoms with Crippen molar-refractivity contribution in [1.29, 1.82) is 0 Å². The van der Waals surface area contributed by atoms with Gasteiger partial charge in [0.25, 0.3) is 0 Å². The first-order valence-electron chi connectivity index (χ1n) is 8.78. The summed E-state index contributed by atoms with van der Waals surface area (Å²) in [4.78, 5) is 2.72. The quantitative estimate of drug-likeness (QED) is 0.755. The number of unbranched alkanes of at least 4 members (excludes halogenated alkanes) is 2. The number of rotatable bonds is 7. The first kappa shape index (κ1) is 16.5. The molecule has 2 nitrogen and oxygen atoms in total. The number of benzene rings is 1. The molecule has 1 N–H and O–H groups in total. The summed E-state index contributed by atoms with van der Waals surface area (Å²) in [5.74, 6) is 0.760. The Labute approximate surface area is 130 Å². The van der Waals surface area contributed by atoms with E-state index in [4.69, 9.17) is 0 Å². The average molecular weight is 288 g/mol. The number of piperazine rings is 1. The predicted octanol–water partition coefficient (Wildman–Crippen LogP) is 4.24. The van der Waals surface area contributed by atoms with Gasteiger partial charge in [-0.3, -0.25) is 4.90 Å². The van der Waals surface area contributed by atoms with Crippen molar-refractivity contribution < 1.29 is 0 Å². The van der Waals surface area contributed by atoms with E-state index in [1.54, 1.807) is 0 Å². The second-order valence-electron chi connectivity index (χ2n) is 6.53. The predicted molar refractivity (Wildman–Crippen MR) is 91.5 cm³/mol. The van der Waals surface area contributed by atoms with Crippen molar-refractivity contribution >= 4 is 0 Å². The summed E-state index contributed by atoms with van der Waals surface area (Å²) in [6.45, 7) is 10.5. The van der Waals surface area contributed by atoms with Crippen LogP contribution in [0.2, 0.25) is 0 Å². The average Bonchev–Trinajstić information content (AvgIpc) is 2.55. The van der Waals surface area contributed by atoms with E-state index in [2.05, 4.69) is 61.3 Å². The largest absolute Gasteiger partial charge is 0.311 e. The van der Waals surface area contributed by atoms with Gasteiger partial charge in [0.15, 0.2) is 0 Å². The van der Waals surface area contributed by atoms with Crippen molar-refractivity contribution in [3.05, 3.63) is 35.9 Å². The van der Waals surface area contributed by atoms with E-state index >= 15 is 0 Å². The summed E-state index contributed by atoms with van der Waals surface area (Å²) in [5.41, 5.74) is 1.46. The van der Waals surface area contributed by atoms with Crippen molar-refractivity contribution in [1.82, 2.24) is 10.2 Å². The SMILES string of the molecule is CCCCCN1CC(C(C)CC)NCC1c1ccccc1. The lowest BCUT2D eigenvalue weighted by Crippen LogP contribution is -2.54. The minimum atomic E-state index is 0.545. The van der Waals surface area contributed by atoms with Gasteiger partial charge in [-0.25, -0.2) is 0 Å². The maximum absolute atomic E-state index is 3.80. The van der Waals surface area contributed by atoms with E-state index in [0.29, 0.717) is 12.1 Å². The molecule has 0 aromatic heterocycles. The molecule has 21 heavy (non-hydrogen) atoms. The molecule has 0 bridgehead atoms. The van der Waals surface area contributed by atoms with Gasteiger partial charge in [-0.15, -0.1) is 0 Å². The Morgan fingerprint density at radius 3 is 2.62 bits per heavy atom. The summed E-state index contributed by atoms with van der Waals surface area (Å²) >= 11 is 0. The number of nitrogens with one attached hydrogen (secondary N) is 1. The monoisotopic (exact) mass is 288 g/mol. The van der Waals surface area contributed by atoms with Gasteiger partial charge < -0.3 is 5.32 Å². The second kappa shape index (κ2) is 8.55. The zero-order valence-corrected chi connectivity index (χ0v) is 14.0. The van der Waals surface area contributed by atoms with Crippen LogP contribution in [0.4, 0.5) is 0 Å². The highest BCUT2D eigenvalue weighted by atomic mass is 15.2. The minimum absolute atomic E-state index is 0.545. The molecular formula is C19H32N2. The molecule has 118 valence electrons. The van der Waals surface area contributed by atoms with E-state index in [1.165, 1.54) is 44.3 Å². The highest BCUT2D eigenvalue weighted by Crippen LogP contribution is 2.26. The van der Waals surface area contributed by atoms with Crippen LogP contribution in [0.15, 0.2) is 30.3 Å². The lowest BCUT2D eigenvalue weighted by atomic mass is 9.93. The smallest absolute Gasteiger partial charge is 0.0473 e. The van der Waals surface area contributed by atoms with Crippen molar-refractivity contribution in [2.75, 3.05) is 19.6 Å². The third-order valence-electron chi connectivity index (χ3n) is 5.01. The van der Waals surface area contributed by atoms with Gasteiger partial charge in [-0.1, -0.05) is 70.4 Å². The third-order valence-corrected chi connectivity index (χ3v) is 5.01. The highest BCUT2D eigenvalue weighted by Gasteiger charge is 2.30. The van der Waals surface area contributed by atoms with Crippen molar-refractivity contribution in [3.63, 3.8) is 0 Å². The van der Waals surface area contributed by atoms with Crippen LogP contribution in [0.5, 0.6) is 0 Å². The molecule has 0 amide bonds. The van der Waals surface area contributed by atoms with Crippen LogP contribution in [0.25, 0.3) is 0 Å². The van der Waals surface area contributed by atoms with Crippen LogP contribution in [0.3, 0.4) is 0 Å². The fourth-order valence-electron chi connectivity index (χ4n) is 3.32. The summed E-state index contributed by atoms with van der Waals surface area (Å²) in [6.07, 6.45) is 5.24. The summed E-state index contributed by atoms with van der Waals surface area (Å²) in [7, 11) is 0. The van der Waals surface area contributed by atoms with E-state index in [9.17, 15) is 0 Å². The molecule has 1 fully saturated rings. The first-order valence-corrected chi connectivity index (χ1v) is 8.78. The number of hydrogen-bond acceptors (Lipinski definition) is 2. The molecule has 3 atom stereocenters. The molecule has 0 spiro atoms. The molecule has 0 radical (unpaired) electrons. The number of hydrogen-bond donors (Lipinski definition) is 1. The van der Waals surface area contributed by atoms with Crippen molar-refractivity contribution in [2.24, 2.45) is 5.92 Å². The summed E-state index contributed by atoms with van der Waals surface area (Å²) < 4.78 is 0. The molecular weight excluding hydrogens is 256 g/mol. The Morgan fingerprint density at radius 2 is 1.95 bits per heavy atom. The van der Waals surface area contributed by atoms with Crippen molar-refractivity contribution in [2.45, 2.75) is 58.5 Å². The first-order chi connectivity index (χ1) is 10.3. The molecule has 1 heterocycles. The van der Waals surface area contributed by atoms with Gasteiger partial charge in [0.2, 0.25) is 0 Å². The van der Waals surface area contributed by atoms with Gasteiger partial charge in [-0.2, -0.15) is 0 Å². The van der Waals surface area contributed by atoms with Gasteiger partial charge >= 0.3 is 0 Å². The molecule has 3 unspecified atom stereocenters. The molecule has 1 aliphatic heterocycles. The van der Waals surface area contributed by atoms with Crippen LogP contribution in [0.1, 0.15) is 58.1 Å². The van der Waals surface area contributed by atoms with Gasteiger partial charge in [-0.05, 0) is 24.4 Å². The topological polar surface area (TPSA) is 15.3 Å². The fraction of sp³-hybridized carbons (Fsp3) is 0.684. The van der Waals surface area contributed by atoms with Crippen LogP contribution in [-0.2, 0) is 0 Å². The summed E-state index contributed by atoms with van der Waals surface area (Å²) in [5, 5.41) is 3.80. The van der Waals surface area contributed by atoms with Gasteiger partial charge in [0.05, 0.1) is 0 Å². The van der Waals surface area contributed by atoms with Crippen LogP contribution in [-0.4, -0.2) is 30.6 Å². The standard InChI is InChI=1S/C19H32N2/c1-4-6-10-13-21-15-18(16(3)5-2)20-14-19(21)17-11-8-7-9-12-17/h7-9,11-12,16,18-20H,4-6,10,13-15H2,1-3H3. The van der Waals surface area contributed by atoms with Gasteiger partial charge in [0, 0.05) is 25.2 Å². The minimum Gasteiger partial charge on any atom is -0.311 e. The maximum Gasteiger partial charge on any atom is 0.0473 e. The lowest BCUT2D eigenvalue weighted by Gasteiger charge is -2.42. The van der Waals surface area contributed by atoms with E-state index in [0.717, 1.165) is 12.5 Å². The normalized spacial score (nSPS) is 24.9. The number of nitrogens with zero attached hydrogens (tertiary/aromatic N) is 1. The highest BCUT2D eigenvalue weighted by molar-refractivity contribution is 5.20. The van der Waals surface area contributed by atoms with Crippen LogP contribution < -0.4 is 5.32 Å². The van der Waals surface area contributed by atoms with Crippen molar-refractivity contribution in [3.8, 4) is 0 Å². The van der Waals surface area contributed by atoms with Gasteiger partial charge in [0.1, 0.15) is 0 Å². The Bertz CT molecular complexity index is 390. The summed E-state index contributed by atoms with van der Waals surface area (Å²) in [6, 6.07) is 12.2. The molecule has 1 aromatic rings. The third kappa shape index (κ3) is 4.55. The van der Waals surface area contributed by atoms with E-state index in [1.807, 2.05) is 0 Å². The van der Waals surface area contributed by atoms with Crippen LogP contribution in [0, 0.1) is 5.92 Å².